The van der Waals surface area contributed by atoms with Gasteiger partial charge in [0.25, 0.3) is 0 Å². The molecule has 0 radical (unpaired) electrons. The number of aromatic hydroxyl groups is 1. The molecule has 2 heterocycles. The number of likely N-dealkylation sites (tertiary alicyclic amines) is 1. The lowest BCUT2D eigenvalue weighted by Gasteiger charge is -2.26. The van der Waals surface area contributed by atoms with Gasteiger partial charge in [-0.15, -0.1) is 11.3 Å². The van der Waals surface area contributed by atoms with Gasteiger partial charge in [-0.25, -0.2) is 0 Å². The fourth-order valence-electron chi connectivity index (χ4n) is 5.80. The molecule has 1 aliphatic heterocycles. The molecule has 0 bridgehead atoms. The van der Waals surface area contributed by atoms with E-state index in [0.717, 1.165) is 40.8 Å². The summed E-state index contributed by atoms with van der Waals surface area (Å²) in [5.41, 5.74) is 1.53. The molecule has 35 heavy (non-hydrogen) atoms. The Morgan fingerprint density at radius 3 is 2.54 bits per heavy atom. The molecule has 3 aromatic rings. The van der Waals surface area contributed by atoms with E-state index in [4.69, 9.17) is 4.74 Å². The summed E-state index contributed by atoms with van der Waals surface area (Å²) in [6.45, 7) is 6.29. The largest absolute Gasteiger partial charge is 0.508 e. The highest BCUT2D eigenvalue weighted by Gasteiger charge is 2.29. The Morgan fingerprint density at radius 2 is 1.80 bits per heavy atom. The topological polar surface area (TPSA) is 49.8 Å². The number of carbonyl (C=O) groups is 1. The van der Waals surface area contributed by atoms with E-state index in [1.54, 1.807) is 23.5 Å². The standard InChI is InChI=1S/C30H37NO3S/c1-21-7-6-8-23(19-21)30-28(26-14-11-24(32)20-27(26)35-30)29(33)22-9-12-25(13-10-22)34-18-17-31-15-4-2-3-5-16-31/h9-14,20-21,23,32H,2-8,15-19H2,1H3. The number of hydrogen-bond acceptors (Lipinski definition) is 5. The summed E-state index contributed by atoms with van der Waals surface area (Å²) < 4.78 is 7.01. The van der Waals surface area contributed by atoms with Crippen molar-refractivity contribution in [1.29, 1.82) is 0 Å². The number of nitrogens with zero attached hydrogens (tertiary/aromatic N) is 1. The van der Waals surface area contributed by atoms with Crippen LogP contribution in [0.25, 0.3) is 10.1 Å². The molecular formula is C30H37NO3S. The second-order valence-electron chi connectivity index (χ2n) is 10.4. The molecule has 2 aliphatic rings. The van der Waals surface area contributed by atoms with Crippen LogP contribution in [-0.2, 0) is 0 Å². The number of benzene rings is 2. The number of rotatable bonds is 7. The predicted molar refractivity (Wildman–Crippen MR) is 144 cm³/mol. The summed E-state index contributed by atoms with van der Waals surface area (Å²) in [4.78, 5) is 17.5. The smallest absolute Gasteiger partial charge is 0.194 e. The van der Waals surface area contributed by atoms with Crippen LogP contribution >= 0.6 is 11.3 Å². The first-order valence-electron chi connectivity index (χ1n) is 13.3. The highest BCUT2D eigenvalue weighted by Crippen LogP contribution is 2.45. The first-order valence-corrected chi connectivity index (χ1v) is 14.2. The van der Waals surface area contributed by atoms with Gasteiger partial charge in [-0.05, 0) is 93.1 Å². The van der Waals surface area contributed by atoms with Crippen LogP contribution in [0.4, 0.5) is 0 Å². The van der Waals surface area contributed by atoms with Gasteiger partial charge in [-0.2, -0.15) is 0 Å². The number of phenolic OH excluding ortho intramolecular Hbond substituents is 1. The number of ether oxygens (including phenoxy) is 1. The molecule has 2 fully saturated rings. The lowest BCUT2D eigenvalue weighted by atomic mass is 9.80. The Bertz CT molecular complexity index is 1140. The third kappa shape index (κ3) is 5.73. The second-order valence-corrected chi connectivity index (χ2v) is 11.5. The van der Waals surface area contributed by atoms with Crippen LogP contribution in [0.15, 0.2) is 42.5 Å². The van der Waals surface area contributed by atoms with Crippen LogP contribution in [-0.4, -0.2) is 42.0 Å². The number of ketones is 1. The lowest BCUT2D eigenvalue weighted by Crippen LogP contribution is -2.29. The van der Waals surface area contributed by atoms with Gasteiger partial charge in [0.15, 0.2) is 5.78 Å². The Hall–Kier alpha value is -2.37. The maximum absolute atomic E-state index is 13.8. The normalized spacial score (nSPS) is 21.6. The minimum atomic E-state index is 0.0753. The van der Waals surface area contributed by atoms with E-state index in [1.165, 1.54) is 56.5 Å². The van der Waals surface area contributed by atoms with Gasteiger partial charge in [0.1, 0.15) is 18.1 Å². The zero-order valence-electron chi connectivity index (χ0n) is 20.8. The highest BCUT2D eigenvalue weighted by atomic mass is 32.1. The first kappa shape index (κ1) is 24.3. The second kappa shape index (κ2) is 11.1. The van der Waals surface area contributed by atoms with E-state index in [9.17, 15) is 9.90 Å². The van der Waals surface area contributed by atoms with Crippen LogP contribution in [0.2, 0.25) is 0 Å². The van der Waals surface area contributed by atoms with Gasteiger partial charge in [0.05, 0.1) is 0 Å². The molecule has 0 spiro atoms. The van der Waals surface area contributed by atoms with Gasteiger partial charge >= 0.3 is 0 Å². The van der Waals surface area contributed by atoms with Crippen molar-refractivity contribution in [3.8, 4) is 11.5 Å². The summed E-state index contributed by atoms with van der Waals surface area (Å²) >= 11 is 1.69. The molecule has 4 nitrogen and oxygen atoms in total. The van der Waals surface area contributed by atoms with Crippen molar-refractivity contribution in [2.45, 2.75) is 64.2 Å². The van der Waals surface area contributed by atoms with Crippen molar-refractivity contribution >= 4 is 27.2 Å². The van der Waals surface area contributed by atoms with Gasteiger partial charge in [-0.3, -0.25) is 9.69 Å². The van der Waals surface area contributed by atoms with E-state index >= 15 is 0 Å². The van der Waals surface area contributed by atoms with Gasteiger partial charge in [-0.1, -0.05) is 32.6 Å². The average molecular weight is 492 g/mol. The third-order valence-electron chi connectivity index (χ3n) is 7.73. The monoisotopic (exact) mass is 491 g/mol. The fraction of sp³-hybridized carbons (Fsp3) is 0.500. The molecule has 0 amide bonds. The minimum Gasteiger partial charge on any atom is -0.508 e. The van der Waals surface area contributed by atoms with Crippen molar-refractivity contribution < 1.29 is 14.6 Å². The number of hydrogen-bond donors (Lipinski definition) is 1. The molecule has 1 aliphatic carbocycles. The molecule has 1 saturated carbocycles. The van der Waals surface area contributed by atoms with Crippen LogP contribution in [0, 0.1) is 5.92 Å². The van der Waals surface area contributed by atoms with E-state index in [0.29, 0.717) is 24.0 Å². The molecule has 5 rings (SSSR count). The zero-order chi connectivity index (χ0) is 24.2. The summed E-state index contributed by atoms with van der Waals surface area (Å²) in [7, 11) is 0. The Kier molecular flexibility index (Phi) is 7.74. The van der Waals surface area contributed by atoms with Crippen LogP contribution in [0.3, 0.4) is 0 Å². The summed E-state index contributed by atoms with van der Waals surface area (Å²) in [5, 5.41) is 11.0. The molecule has 2 unspecified atom stereocenters. The molecular weight excluding hydrogens is 454 g/mol. The molecule has 1 saturated heterocycles. The van der Waals surface area contributed by atoms with Crippen molar-refractivity contribution in [3.05, 3.63) is 58.5 Å². The van der Waals surface area contributed by atoms with E-state index in [2.05, 4.69) is 11.8 Å². The molecule has 1 aromatic heterocycles. The predicted octanol–water partition coefficient (Wildman–Crippen LogP) is 7.39. The molecule has 2 aromatic carbocycles. The quantitative estimate of drug-likeness (QED) is 0.350. The van der Waals surface area contributed by atoms with Crippen molar-refractivity contribution in [3.63, 3.8) is 0 Å². The number of carbonyl (C=O) groups excluding carboxylic acids is 1. The molecule has 5 heteroatoms. The van der Waals surface area contributed by atoms with Gasteiger partial charge in [0, 0.05) is 32.6 Å². The fourth-order valence-corrected chi connectivity index (χ4v) is 7.18. The van der Waals surface area contributed by atoms with Gasteiger partial charge < -0.3 is 9.84 Å². The Balaban J connectivity index is 1.33. The lowest BCUT2D eigenvalue weighted by molar-refractivity contribution is 0.103. The number of thiophene rings is 1. The highest BCUT2D eigenvalue weighted by molar-refractivity contribution is 7.19. The van der Waals surface area contributed by atoms with Crippen LogP contribution < -0.4 is 4.74 Å². The zero-order valence-corrected chi connectivity index (χ0v) is 21.6. The van der Waals surface area contributed by atoms with Crippen LogP contribution in [0.1, 0.15) is 85.0 Å². The van der Waals surface area contributed by atoms with E-state index < -0.39 is 0 Å². The number of phenols is 1. The summed E-state index contributed by atoms with van der Waals surface area (Å²) in [6, 6.07) is 13.1. The maximum atomic E-state index is 13.8. The van der Waals surface area contributed by atoms with E-state index in [1.807, 2.05) is 30.3 Å². The maximum Gasteiger partial charge on any atom is 0.194 e. The van der Waals surface area contributed by atoms with Crippen molar-refractivity contribution in [1.82, 2.24) is 4.90 Å². The SMILES string of the molecule is CC1CCCC(c2sc3cc(O)ccc3c2C(=O)c2ccc(OCCN3CCCCCC3)cc2)C1. The molecule has 1 N–H and O–H groups in total. The summed E-state index contributed by atoms with van der Waals surface area (Å²) in [6.07, 6.45) is 10.00. The third-order valence-corrected chi connectivity index (χ3v) is 9.04. The molecule has 186 valence electrons. The average Bonchev–Trinajstić information content (AvgIpc) is 3.03. The van der Waals surface area contributed by atoms with Crippen molar-refractivity contribution in [2.24, 2.45) is 5.92 Å². The van der Waals surface area contributed by atoms with Gasteiger partial charge in [0.2, 0.25) is 0 Å². The Labute approximate surface area is 212 Å². The minimum absolute atomic E-state index is 0.0753. The van der Waals surface area contributed by atoms with Crippen molar-refractivity contribution in [2.75, 3.05) is 26.2 Å². The summed E-state index contributed by atoms with van der Waals surface area (Å²) in [5.74, 6) is 2.24. The number of fused-ring (bicyclic) bond motifs is 1. The van der Waals surface area contributed by atoms with Crippen LogP contribution in [0.5, 0.6) is 11.5 Å². The van der Waals surface area contributed by atoms with E-state index in [-0.39, 0.29) is 11.5 Å². The Morgan fingerprint density at radius 1 is 1.03 bits per heavy atom. The molecule has 2 atom stereocenters. The first-order chi connectivity index (χ1) is 17.1.